The van der Waals surface area contributed by atoms with E-state index in [9.17, 15) is 13.2 Å². The number of fused-ring (bicyclic) bond motifs is 1. The van der Waals surface area contributed by atoms with E-state index in [0.29, 0.717) is 22.7 Å². The number of benzene rings is 2. The number of nitrogens with one attached hydrogen (secondary N) is 1. The molecule has 2 aromatic carbocycles. The van der Waals surface area contributed by atoms with E-state index in [1.165, 1.54) is 6.07 Å². The van der Waals surface area contributed by atoms with Crippen molar-refractivity contribution in [2.45, 2.75) is 19.5 Å². The first kappa shape index (κ1) is 17.0. The third-order valence-corrected chi connectivity index (χ3v) is 4.74. The van der Waals surface area contributed by atoms with Gasteiger partial charge in [0.2, 0.25) is 0 Å². The van der Waals surface area contributed by atoms with Gasteiger partial charge in [-0.15, -0.1) is 0 Å². The molecule has 1 aliphatic heterocycles. The molecule has 134 valence electrons. The van der Waals surface area contributed by atoms with Crippen LogP contribution < -0.4 is 5.32 Å². The Bertz CT molecular complexity index is 992. The highest BCUT2D eigenvalue weighted by atomic mass is 35.5. The lowest BCUT2D eigenvalue weighted by molar-refractivity contribution is -0.137. The number of anilines is 1. The quantitative estimate of drug-likeness (QED) is 0.640. The first-order chi connectivity index (χ1) is 12.3. The molecule has 0 aliphatic carbocycles. The number of nitrogens with zero attached hydrogens (tertiary/aromatic N) is 2. The Morgan fingerprint density at radius 3 is 2.69 bits per heavy atom. The number of hydrogen-bond donors (Lipinski definition) is 1. The van der Waals surface area contributed by atoms with E-state index in [4.69, 9.17) is 11.6 Å². The zero-order chi connectivity index (χ0) is 18.5. The molecular weight excluding hydrogens is 363 g/mol. The van der Waals surface area contributed by atoms with Crippen molar-refractivity contribution in [2.75, 3.05) is 11.9 Å². The average molecular weight is 378 g/mol. The lowest BCUT2D eigenvalue weighted by Gasteiger charge is -2.10. The molecule has 1 N–H and O–H groups in total. The summed E-state index contributed by atoms with van der Waals surface area (Å²) < 4.78 is 41.0. The van der Waals surface area contributed by atoms with E-state index in [2.05, 4.69) is 10.4 Å². The van der Waals surface area contributed by atoms with Gasteiger partial charge in [-0.3, -0.25) is 0 Å². The summed E-state index contributed by atoms with van der Waals surface area (Å²) >= 11 is 6.03. The highest BCUT2D eigenvalue weighted by Crippen LogP contribution is 2.37. The summed E-state index contributed by atoms with van der Waals surface area (Å²) in [6.07, 6.45) is -3.67. The van der Waals surface area contributed by atoms with Crippen molar-refractivity contribution in [3.8, 4) is 16.9 Å². The largest absolute Gasteiger partial charge is 0.416 e. The fourth-order valence-corrected chi connectivity index (χ4v) is 3.51. The predicted octanol–water partition coefficient (Wildman–Crippen LogP) is 5.49. The van der Waals surface area contributed by atoms with Gasteiger partial charge < -0.3 is 5.32 Å². The van der Waals surface area contributed by atoms with Crippen LogP contribution >= 0.6 is 11.6 Å². The molecule has 1 aliphatic rings. The molecule has 0 atom stereocenters. The van der Waals surface area contributed by atoms with Crippen molar-refractivity contribution in [2.24, 2.45) is 0 Å². The molecule has 7 heteroatoms. The minimum absolute atomic E-state index is 0.463. The fraction of sp³-hybridized carbons (Fsp3) is 0.211. The van der Waals surface area contributed by atoms with E-state index in [0.717, 1.165) is 41.3 Å². The molecule has 0 amide bonds. The molecule has 26 heavy (non-hydrogen) atoms. The van der Waals surface area contributed by atoms with Gasteiger partial charge in [0.15, 0.2) is 0 Å². The highest BCUT2D eigenvalue weighted by Gasteiger charge is 2.31. The van der Waals surface area contributed by atoms with Crippen LogP contribution in [-0.2, 0) is 12.6 Å². The van der Waals surface area contributed by atoms with Gasteiger partial charge >= 0.3 is 6.18 Å². The van der Waals surface area contributed by atoms with Gasteiger partial charge in [0.1, 0.15) is 5.82 Å². The van der Waals surface area contributed by atoms with Crippen LogP contribution in [0.5, 0.6) is 0 Å². The van der Waals surface area contributed by atoms with Crippen molar-refractivity contribution in [1.29, 1.82) is 0 Å². The predicted molar refractivity (Wildman–Crippen MR) is 95.9 cm³/mol. The standard InChI is InChI=1S/C19H15ClF3N3/c1-11-9-14(20)5-6-16(11)26-18-15(7-8-24-18)17(25-26)12-3-2-4-13(10-12)19(21,22)23/h2-6,9-10,24H,7-8H2,1H3. The van der Waals surface area contributed by atoms with Crippen LogP contribution in [0.2, 0.25) is 5.02 Å². The normalized spacial score (nSPS) is 13.6. The van der Waals surface area contributed by atoms with E-state index in [1.54, 1.807) is 16.8 Å². The smallest absolute Gasteiger partial charge is 0.369 e. The topological polar surface area (TPSA) is 29.9 Å². The van der Waals surface area contributed by atoms with Crippen LogP contribution in [0.4, 0.5) is 19.0 Å². The maximum Gasteiger partial charge on any atom is 0.416 e. The van der Waals surface area contributed by atoms with Crippen molar-refractivity contribution < 1.29 is 13.2 Å². The van der Waals surface area contributed by atoms with Gasteiger partial charge in [0, 0.05) is 22.7 Å². The van der Waals surface area contributed by atoms with Gasteiger partial charge in [-0.25, -0.2) is 4.68 Å². The Morgan fingerprint density at radius 2 is 1.96 bits per heavy atom. The number of rotatable bonds is 2. The summed E-state index contributed by atoms with van der Waals surface area (Å²) in [4.78, 5) is 0. The Kier molecular flexibility index (Phi) is 3.95. The molecule has 2 heterocycles. The van der Waals surface area contributed by atoms with E-state index in [1.807, 2.05) is 19.1 Å². The zero-order valence-corrected chi connectivity index (χ0v) is 14.6. The molecule has 0 radical (unpaired) electrons. The van der Waals surface area contributed by atoms with E-state index < -0.39 is 11.7 Å². The molecule has 3 nitrogen and oxygen atoms in total. The summed E-state index contributed by atoms with van der Waals surface area (Å²) in [6, 6.07) is 10.8. The summed E-state index contributed by atoms with van der Waals surface area (Å²) in [5.74, 6) is 0.822. The molecular formula is C19H15ClF3N3. The van der Waals surface area contributed by atoms with Crippen molar-refractivity contribution in [1.82, 2.24) is 9.78 Å². The van der Waals surface area contributed by atoms with Crippen molar-refractivity contribution >= 4 is 17.4 Å². The first-order valence-electron chi connectivity index (χ1n) is 8.14. The maximum atomic E-state index is 13.1. The van der Waals surface area contributed by atoms with Gasteiger partial charge in [-0.1, -0.05) is 23.7 Å². The second-order valence-electron chi connectivity index (χ2n) is 6.27. The first-order valence-corrected chi connectivity index (χ1v) is 8.52. The third kappa shape index (κ3) is 2.84. The third-order valence-electron chi connectivity index (χ3n) is 4.50. The molecule has 0 unspecified atom stereocenters. The number of aryl methyl sites for hydroxylation is 1. The number of halogens is 4. The van der Waals surface area contributed by atoms with Crippen LogP contribution in [0, 0.1) is 6.92 Å². The molecule has 0 fully saturated rings. The Balaban J connectivity index is 1.87. The molecule has 0 saturated carbocycles. The summed E-state index contributed by atoms with van der Waals surface area (Å²) in [6.45, 7) is 2.65. The molecule has 1 aromatic heterocycles. The van der Waals surface area contributed by atoms with E-state index >= 15 is 0 Å². The molecule has 0 bridgehead atoms. The van der Waals surface area contributed by atoms with Crippen molar-refractivity contribution in [3.63, 3.8) is 0 Å². The SMILES string of the molecule is Cc1cc(Cl)ccc1-n1nc(-c2cccc(C(F)(F)F)c2)c2c1NCC2. The molecule has 0 saturated heterocycles. The second kappa shape index (κ2) is 6.06. The van der Waals surface area contributed by atoms with E-state index in [-0.39, 0.29) is 0 Å². The van der Waals surface area contributed by atoms with Crippen LogP contribution in [0.3, 0.4) is 0 Å². The van der Waals surface area contributed by atoms with Crippen LogP contribution in [-0.4, -0.2) is 16.3 Å². The zero-order valence-electron chi connectivity index (χ0n) is 13.9. The summed E-state index contributed by atoms with van der Waals surface area (Å²) in [7, 11) is 0. The summed E-state index contributed by atoms with van der Waals surface area (Å²) in [5.41, 5.74) is 3.08. The van der Waals surface area contributed by atoms with Gasteiger partial charge in [0.05, 0.1) is 16.9 Å². The molecule has 4 rings (SSSR count). The maximum absolute atomic E-state index is 13.1. The van der Waals surface area contributed by atoms with Gasteiger partial charge in [0.25, 0.3) is 0 Å². The monoisotopic (exact) mass is 377 g/mol. The minimum Gasteiger partial charge on any atom is -0.369 e. The highest BCUT2D eigenvalue weighted by molar-refractivity contribution is 6.30. The minimum atomic E-state index is -4.38. The number of hydrogen-bond acceptors (Lipinski definition) is 2. The van der Waals surface area contributed by atoms with Crippen LogP contribution in [0.15, 0.2) is 42.5 Å². The second-order valence-corrected chi connectivity index (χ2v) is 6.71. The van der Waals surface area contributed by atoms with Gasteiger partial charge in [-0.05, 0) is 49.2 Å². The average Bonchev–Trinajstić information content (AvgIpc) is 3.17. The Morgan fingerprint density at radius 1 is 1.15 bits per heavy atom. The van der Waals surface area contributed by atoms with Gasteiger partial charge in [-0.2, -0.15) is 18.3 Å². The Hall–Kier alpha value is -2.47. The van der Waals surface area contributed by atoms with Crippen LogP contribution in [0.25, 0.3) is 16.9 Å². The molecule has 0 spiro atoms. The molecule has 3 aromatic rings. The fourth-order valence-electron chi connectivity index (χ4n) is 3.28. The summed E-state index contributed by atoms with van der Waals surface area (Å²) in [5, 5.41) is 8.55. The number of aromatic nitrogens is 2. The number of alkyl halides is 3. The lowest BCUT2D eigenvalue weighted by atomic mass is 10.0. The van der Waals surface area contributed by atoms with Crippen LogP contribution in [0.1, 0.15) is 16.7 Å². The lowest BCUT2D eigenvalue weighted by Crippen LogP contribution is -2.06. The van der Waals surface area contributed by atoms with Crippen molar-refractivity contribution in [3.05, 3.63) is 64.2 Å². The Labute approximate surface area is 153 Å².